The number of ether oxygens (including phenoxy) is 1. The van der Waals surface area contributed by atoms with E-state index in [1.54, 1.807) is 6.07 Å². The van der Waals surface area contributed by atoms with Gasteiger partial charge in [0.2, 0.25) is 5.91 Å². The number of hydrogen-bond acceptors (Lipinski definition) is 3. The van der Waals surface area contributed by atoms with Crippen LogP contribution in [0.5, 0.6) is 5.75 Å². The molecule has 0 saturated carbocycles. The molecule has 96 valence electrons. The standard InChI is InChI=1S/C11H9F3N2O2/c1-18-9-3-2-7(16-10(17)4-5-15)6-8(9)11(12,13)14/h2-3,6H,4H2,1H3,(H,16,17). The quantitative estimate of drug-likeness (QED) is 0.906. The summed E-state index contributed by atoms with van der Waals surface area (Å²) in [6.07, 6.45) is -5.01. The van der Waals surface area contributed by atoms with Gasteiger partial charge in [-0.1, -0.05) is 0 Å². The summed E-state index contributed by atoms with van der Waals surface area (Å²) in [4.78, 5) is 11.1. The lowest BCUT2D eigenvalue weighted by Gasteiger charge is -2.13. The Morgan fingerprint density at radius 1 is 1.50 bits per heavy atom. The molecule has 18 heavy (non-hydrogen) atoms. The molecule has 1 aromatic rings. The van der Waals surface area contributed by atoms with Crippen LogP contribution < -0.4 is 10.1 Å². The topological polar surface area (TPSA) is 62.1 Å². The van der Waals surface area contributed by atoms with Crippen LogP contribution in [0.15, 0.2) is 18.2 Å². The van der Waals surface area contributed by atoms with Gasteiger partial charge < -0.3 is 10.1 Å². The number of halogens is 3. The summed E-state index contributed by atoms with van der Waals surface area (Å²) < 4.78 is 42.6. The molecule has 0 spiro atoms. The fourth-order valence-corrected chi connectivity index (χ4v) is 1.28. The molecule has 1 amide bonds. The minimum Gasteiger partial charge on any atom is -0.496 e. The zero-order valence-corrected chi connectivity index (χ0v) is 9.34. The van der Waals surface area contributed by atoms with Crippen LogP contribution in [0.25, 0.3) is 0 Å². The van der Waals surface area contributed by atoms with Crippen molar-refractivity contribution >= 4 is 11.6 Å². The van der Waals surface area contributed by atoms with Crippen LogP contribution in [0.2, 0.25) is 0 Å². The molecule has 0 unspecified atom stereocenters. The van der Waals surface area contributed by atoms with E-state index in [1.165, 1.54) is 6.07 Å². The third kappa shape index (κ3) is 3.38. The zero-order chi connectivity index (χ0) is 13.8. The van der Waals surface area contributed by atoms with Gasteiger partial charge >= 0.3 is 6.18 Å². The number of anilines is 1. The maximum absolute atomic E-state index is 12.7. The lowest BCUT2D eigenvalue weighted by atomic mass is 10.1. The van der Waals surface area contributed by atoms with Crippen LogP contribution in [-0.2, 0) is 11.0 Å². The summed E-state index contributed by atoms with van der Waals surface area (Å²) in [6.45, 7) is 0. The van der Waals surface area contributed by atoms with Crippen LogP contribution in [0.1, 0.15) is 12.0 Å². The molecule has 0 heterocycles. The predicted molar refractivity (Wildman–Crippen MR) is 56.9 cm³/mol. The lowest BCUT2D eigenvalue weighted by molar-refractivity contribution is -0.138. The molecule has 0 aromatic heterocycles. The average Bonchev–Trinajstić information content (AvgIpc) is 2.28. The zero-order valence-electron chi connectivity index (χ0n) is 9.34. The average molecular weight is 258 g/mol. The molecular formula is C11H9F3N2O2. The highest BCUT2D eigenvalue weighted by Crippen LogP contribution is 2.37. The largest absolute Gasteiger partial charge is 0.496 e. The normalized spacial score (nSPS) is 10.6. The van der Waals surface area contributed by atoms with Crippen molar-refractivity contribution in [3.63, 3.8) is 0 Å². The van der Waals surface area contributed by atoms with Gasteiger partial charge in [-0.25, -0.2) is 0 Å². The maximum atomic E-state index is 12.7. The van der Waals surface area contributed by atoms with E-state index in [4.69, 9.17) is 5.26 Å². The van der Waals surface area contributed by atoms with Crippen molar-refractivity contribution in [2.75, 3.05) is 12.4 Å². The fourth-order valence-electron chi connectivity index (χ4n) is 1.28. The Morgan fingerprint density at radius 3 is 2.67 bits per heavy atom. The second-order valence-electron chi connectivity index (χ2n) is 3.30. The van der Waals surface area contributed by atoms with Crippen LogP contribution in [0.4, 0.5) is 18.9 Å². The van der Waals surface area contributed by atoms with E-state index in [0.29, 0.717) is 0 Å². The third-order valence-electron chi connectivity index (χ3n) is 2.03. The first-order valence-corrected chi connectivity index (χ1v) is 4.80. The SMILES string of the molecule is COc1ccc(NC(=O)CC#N)cc1C(F)(F)F. The van der Waals surface area contributed by atoms with Crippen molar-refractivity contribution in [3.8, 4) is 11.8 Å². The van der Waals surface area contributed by atoms with Gasteiger partial charge in [-0.05, 0) is 18.2 Å². The van der Waals surface area contributed by atoms with Gasteiger partial charge in [0, 0.05) is 5.69 Å². The number of alkyl halides is 3. The van der Waals surface area contributed by atoms with Gasteiger partial charge in [0.05, 0.1) is 18.7 Å². The molecule has 0 aliphatic rings. The number of amides is 1. The van der Waals surface area contributed by atoms with Crippen LogP contribution >= 0.6 is 0 Å². The Balaban J connectivity index is 3.04. The Hall–Kier alpha value is -2.23. The number of hydrogen-bond donors (Lipinski definition) is 1. The van der Waals surface area contributed by atoms with Crippen molar-refractivity contribution in [1.82, 2.24) is 0 Å². The van der Waals surface area contributed by atoms with Gasteiger partial charge in [0.1, 0.15) is 12.2 Å². The molecular weight excluding hydrogens is 249 g/mol. The van der Waals surface area contributed by atoms with Gasteiger partial charge in [-0.2, -0.15) is 18.4 Å². The van der Waals surface area contributed by atoms with Gasteiger partial charge in [0.25, 0.3) is 0 Å². The summed E-state index contributed by atoms with van der Waals surface area (Å²) in [5.41, 5.74) is -1.02. The van der Waals surface area contributed by atoms with Gasteiger partial charge in [-0.15, -0.1) is 0 Å². The van der Waals surface area contributed by atoms with E-state index >= 15 is 0 Å². The van der Waals surface area contributed by atoms with E-state index in [2.05, 4.69) is 10.1 Å². The van der Waals surface area contributed by atoms with Gasteiger partial charge in [-0.3, -0.25) is 4.79 Å². The molecule has 1 rings (SSSR count). The Morgan fingerprint density at radius 2 is 2.17 bits per heavy atom. The summed E-state index contributed by atoms with van der Waals surface area (Å²) in [5.74, 6) is -1.00. The smallest absolute Gasteiger partial charge is 0.420 e. The second-order valence-corrected chi connectivity index (χ2v) is 3.30. The summed E-state index contributed by atoms with van der Waals surface area (Å²) in [5, 5.41) is 10.5. The van der Waals surface area contributed by atoms with Crippen LogP contribution in [0, 0.1) is 11.3 Å². The number of carbonyl (C=O) groups is 1. The van der Waals surface area contributed by atoms with E-state index in [1.807, 2.05) is 0 Å². The number of nitrogens with zero attached hydrogens (tertiary/aromatic N) is 1. The second kappa shape index (κ2) is 5.40. The fraction of sp³-hybridized carbons (Fsp3) is 0.273. The summed E-state index contributed by atoms with van der Waals surface area (Å²) >= 11 is 0. The molecule has 0 aliphatic heterocycles. The monoisotopic (exact) mass is 258 g/mol. The molecule has 1 aromatic carbocycles. The van der Waals surface area contributed by atoms with Crippen LogP contribution in [-0.4, -0.2) is 13.0 Å². The van der Waals surface area contributed by atoms with Crippen molar-refractivity contribution in [1.29, 1.82) is 5.26 Å². The summed E-state index contributed by atoms with van der Waals surface area (Å²) in [6, 6.07) is 4.72. The predicted octanol–water partition coefficient (Wildman–Crippen LogP) is 2.57. The molecule has 1 N–H and O–H groups in total. The van der Waals surface area contributed by atoms with Crippen LogP contribution in [0.3, 0.4) is 0 Å². The van der Waals surface area contributed by atoms with E-state index < -0.39 is 24.1 Å². The van der Waals surface area contributed by atoms with Crippen molar-refractivity contribution in [3.05, 3.63) is 23.8 Å². The first kappa shape index (κ1) is 13.8. The molecule has 0 saturated heterocycles. The molecule has 0 bridgehead atoms. The number of nitriles is 1. The number of nitrogens with one attached hydrogen (secondary N) is 1. The highest BCUT2D eigenvalue weighted by Gasteiger charge is 2.34. The first-order valence-electron chi connectivity index (χ1n) is 4.80. The third-order valence-corrected chi connectivity index (χ3v) is 2.03. The Kier molecular flexibility index (Phi) is 4.15. The molecule has 0 radical (unpaired) electrons. The van der Waals surface area contributed by atoms with Crippen molar-refractivity contribution in [2.45, 2.75) is 12.6 Å². The molecule has 4 nitrogen and oxygen atoms in total. The lowest BCUT2D eigenvalue weighted by Crippen LogP contribution is -2.12. The number of methoxy groups -OCH3 is 1. The minimum atomic E-state index is -4.58. The maximum Gasteiger partial charge on any atom is 0.420 e. The summed E-state index contributed by atoms with van der Waals surface area (Å²) in [7, 11) is 1.12. The minimum absolute atomic E-state index is 0.0385. The molecule has 7 heteroatoms. The number of rotatable bonds is 3. The highest BCUT2D eigenvalue weighted by atomic mass is 19.4. The van der Waals surface area contributed by atoms with Crippen molar-refractivity contribution in [2.24, 2.45) is 0 Å². The van der Waals surface area contributed by atoms with Crippen molar-refractivity contribution < 1.29 is 22.7 Å². The molecule has 0 aliphatic carbocycles. The van der Waals surface area contributed by atoms with E-state index in [0.717, 1.165) is 19.2 Å². The van der Waals surface area contributed by atoms with E-state index in [-0.39, 0.29) is 11.4 Å². The number of carbonyl (C=O) groups excluding carboxylic acids is 1. The van der Waals surface area contributed by atoms with Gasteiger partial charge in [0.15, 0.2) is 0 Å². The first-order chi connectivity index (χ1) is 8.38. The molecule has 0 atom stereocenters. The Labute approximate surface area is 101 Å². The van der Waals surface area contributed by atoms with E-state index in [9.17, 15) is 18.0 Å². The highest BCUT2D eigenvalue weighted by molar-refractivity contribution is 5.92. The number of benzene rings is 1. The molecule has 0 fully saturated rings. The Bertz CT molecular complexity index is 492.